The standard InChI is InChI=1S/C14H20N4O2/c1-18(2)6-3-7-20-11-4-5-12-13(8-11)17-14(16-12)9-15-10-19/h4-5,8,10H,3,6-7,9H2,1-2H3,(H,15,19)(H,16,17). The van der Waals surface area contributed by atoms with Crippen molar-refractivity contribution in [2.75, 3.05) is 27.2 Å². The largest absolute Gasteiger partial charge is 0.493 e. The van der Waals surface area contributed by atoms with E-state index in [4.69, 9.17) is 4.74 Å². The number of carbonyl (C=O) groups excluding carboxylic acids is 1. The summed E-state index contributed by atoms with van der Waals surface area (Å²) in [7, 11) is 4.09. The number of benzene rings is 1. The number of H-pyrrole nitrogens is 1. The lowest BCUT2D eigenvalue weighted by Crippen LogP contribution is -2.15. The molecule has 0 aliphatic heterocycles. The lowest BCUT2D eigenvalue weighted by Gasteiger charge is -2.10. The summed E-state index contributed by atoms with van der Waals surface area (Å²) < 4.78 is 5.71. The minimum absolute atomic E-state index is 0.400. The van der Waals surface area contributed by atoms with Crippen molar-refractivity contribution >= 4 is 17.4 Å². The minimum atomic E-state index is 0.400. The Bertz CT molecular complexity index is 565. The molecule has 2 aromatic rings. The molecule has 2 rings (SSSR count). The van der Waals surface area contributed by atoms with Gasteiger partial charge < -0.3 is 19.9 Å². The Kier molecular flexibility index (Phi) is 4.95. The fourth-order valence-electron chi connectivity index (χ4n) is 1.92. The molecule has 0 aliphatic rings. The summed E-state index contributed by atoms with van der Waals surface area (Å²) in [5.74, 6) is 1.56. The molecule has 0 unspecified atom stereocenters. The van der Waals surface area contributed by atoms with Crippen LogP contribution >= 0.6 is 0 Å². The molecule has 2 N–H and O–H groups in total. The maximum absolute atomic E-state index is 10.3. The van der Waals surface area contributed by atoms with Crippen LogP contribution in [-0.2, 0) is 11.3 Å². The summed E-state index contributed by atoms with van der Waals surface area (Å²) in [5.41, 5.74) is 1.78. The number of imidazole rings is 1. The number of nitrogens with zero attached hydrogens (tertiary/aromatic N) is 2. The van der Waals surface area contributed by atoms with Crippen LogP contribution in [0.5, 0.6) is 5.75 Å². The van der Waals surface area contributed by atoms with E-state index in [0.717, 1.165) is 35.6 Å². The average molecular weight is 276 g/mol. The number of aromatic nitrogens is 2. The van der Waals surface area contributed by atoms with Crippen molar-refractivity contribution in [3.05, 3.63) is 24.0 Å². The number of ether oxygens (including phenoxy) is 1. The Labute approximate surface area is 118 Å². The molecular weight excluding hydrogens is 256 g/mol. The molecule has 0 saturated carbocycles. The van der Waals surface area contributed by atoms with Gasteiger partial charge in [-0.25, -0.2) is 4.98 Å². The first kappa shape index (κ1) is 14.3. The number of nitrogens with one attached hydrogen (secondary N) is 2. The van der Waals surface area contributed by atoms with Crippen LogP contribution < -0.4 is 10.1 Å². The zero-order valence-corrected chi connectivity index (χ0v) is 11.8. The third-order valence-corrected chi connectivity index (χ3v) is 2.87. The third-order valence-electron chi connectivity index (χ3n) is 2.87. The van der Waals surface area contributed by atoms with Crippen molar-refractivity contribution in [3.8, 4) is 5.75 Å². The van der Waals surface area contributed by atoms with Crippen LogP contribution in [-0.4, -0.2) is 48.5 Å². The van der Waals surface area contributed by atoms with Crippen LogP contribution in [0.15, 0.2) is 18.2 Å². The predicted molar refractivity (Wildman–Crippen MR) is 77.7 cm³/mol. The SMILES string of the molecule is CN(C)CCCOc1ccc2nc(CNC=O)[nH]c2c1. The molecule has 0 saturated heterocycles. The molecule has 0 radical (unpaired) electrons. The highest BCUT2D eigenvalue weighted by Gasteiger charge is 2.04. The fourth-order valence-corrected chi connectivity index (χ4v) is 1.92. The number of hydrogen-bond donors (Lipinski definition) is 2. The fraction of sp³-hybridized carbons (Fsp3) is 0.429. The minimum Gasteiger partial charge on any atom is -0.493 e. The topological polar surface area (TPSA) is 70.2 Å². The van der Waals surface area contributed by atoms with E-state index < -0.39 is 0 Å². The maximum Gasteiger partial charge on any atom is 0.207 e. The molecular formula is C14H20N4O2. The molecule has 20 heavy (non-hydrogen) atoms. The molecule has 1 aromatic carbocycles. The van der Waals surface area contributed by atoms with Gasteiger partial charge in [0.15, 0.2) is 0 Å². The van der Waals surface area contributed by atoms with Gasteiger partial charge in [-0.1, -0.05) is 0 Å². The summed E-state index contributed by atoms with van der Waals surface area (Å²) in [6, 6.07) is 5.76. The summed E-state index contributed by atoms with van der Waals surface area (Å²) >= 11 is 0. The number of aromatic amines is 1. The lowest BCUT2D eigenvalue weighted by atomic mass is 10.3. The average Bonchev–Trinajstić information content (AvgIpc) is 2.83. The van der Waals surface area contributed by atoms with Crippen LogP contribution in [0.2, 0.25) is 0 Å². The van der Waals surface area contributed by atoms with Crippen LogP contribution in [0.3, 0.4) is 0 Å². The van der Waals surface area contributed by atoms with E-state index >= 15 is 0 Å². The van der Waals surface area contributed by atoms with Gasteiger partial charge in [0.1, 0.15) is 11.6 Å². The predicted octanol–water partition coefficient (Wildman–Crippen LogP) is 1.14. The molecule has 6 heteroatoms. The van der Waals surface area contributed by atoms with E-state index in [1.165, 1.54) is 0 Å². The van der Waals surface area contributed by atoms with Crippen LogP contribution in [0.1, 0.15) is 12.2 Å². The zero-order chi connectivity index (χ0) is 14.4. The van der Waals surface area contributed by atoms with E-state index in [1.54, 1.807) is 0 Å². The molecule has 1 amide bonds. The normalized spacial score (nSPS) is 10.9. The number of fused-ring (bicyclic) bond motifs is 1. The summed E-state index contributed by atoms with van der Waals surface area (Å²) in [6.07, 6.45) is 1.65. The van der Waals surface area contributed by atoms with E-state index in [-0.39, 0.29) is 0 Å². The van der Waals surface area contributed by atoms with Gasteiger partial charge in [-0.15, -0.1) is 0 Å². The van der Waals surface area contributed by atoms with Gasteiger partial charge >= 0.3 is 0 Å². The van der Waals surface area contributed by atoms with E-state index in [9.17, 15) is 4.79 Å². The van der Waals surface area contributed by atoms with Gasteiger partial charge in [0.25, 0.3) is 0 Å². The Balaban J connectivity index is 1.96. The highest BCUT2D eigenvalue weighted by Crippen LogP contribution is 2.19. The van der Waals surface area contributed by atoms with Crippen LogP contribution in [0.25, 0.3) is 11.0 Å². The van der Waals surface area contributed by atoms with Gasteiger partial charge in [0, 0.05) is 12.6 Å². The highest BCUT2D eigenvalue weighted by molar-refractivity contribution is 5.76. The van der Waals surface area contributed by atoms with E-state index in [0.29, 0.717) is 19.6 Å². The molecule has 1 heterocycles. The second-order valence-corrected chi connectivity index (χ2v) is 4.87. The molecule has 0 spiro atoms. The number of hydrogen-bond acceptors (Lipinski definition) is 4. The first-order valence-corrected chi connectivity index (χ1v) is 6.62. The van der Waals surface area contributed by atoms with Crippen molar-refractivity contribution in [1.29, 1.82) is 0 Å². The van der Waals surface area contributed by atoms with Crippen molar-refractivity contribution in [1.82, 2.24) is 20.2 Å². The second-order valence-electron chi connectivity index (χ2n) is 4.87. The number of amides is 1. The van der Waals surface area contributed by atoms with Gasteiger partial charge in [-0.05, 0) is 32.6 Å². The molecule has 0 aliphatic carbocycles. The quantitative estimate of drug-likeness (QED) is 0.560. The summed E-state index contributed by atoms with van der Waals surface area (Å²) in [6.45, 7) is 2.10. The Hall–Kier alpha value is -2.08. The maximum atomic E-state index is 10.3. The second kappa shape index (κ2) is 6.91. The molecule has 0 atom stereocenters. The molecule has 108 valence electrons. The smallest absolute Gasteiger partial charge is 0.207 e. The van der Waals surface area contributed by atoms with Gasteiger partial charge in [-0.2, -0.15) is 0 Å². The molecule has 0 fully saturated rings. The van der Waals surface area contributed by atoms with Crippen molar-refractivity contribution in [2.24, 2.45) is 0 Å². The summed E-state index contributed by atoms with van der Waals surface area (Å²) in [5, 5.41) is 2.58. The first-order valence-electron chi connectivity index (χ1n) is 6.62. The third kappa shape index (κ3) is 3.96. The Morgan fingerprint density at radius 1 is 1.45 bits per heavy atom. The number of carbonyl (C=O) groups is 1. The van der Waals surface area contributed by atoms with Crippen molar-refractivity contribution in [2.45, 2.75) is 13.0 Å². The summed E-state index contributed by atoms with van der Waals surface area (Å²) in [4.78, 5) is 19.9. The molecule has 6 nitrogen and oxygen atoms in total. The van der Waals surface area contributed by atoms with Crippen LogP contribution in [0, 0.1) is 0 Å². The zero-order valence-electron chi connectivity index (χ0n) is 11.8. The monoisotopic (exact) mass is 276 g/mol. The van der Waals surface area contributed by atoms with Crippen molar-refractivity contribution < 1.29 is 9.53 Å². The van der Waals surface area contributed by atoms with E-state index in [1.807, 2.05) is 32.3 Å². The number of rotatable bonds is 8. The molecule has 0 bridgehead atoms. The lowest BCUT2D eigenvalue weighted by molar-refractivity contribution is -0.109. The first-order chi connectivity index (χ1) is 9.69. The van der Waals surface area contributed by atoms with Crippen LogP contribution in [0.4, 0.5) is 0 Å². The Morgan fingerprint density at radius 2 is 2.30 bits per heavy atom. The van der Waals surface area contributed by atoms with Gasteiger partial charge in [-0.3, -0.25) is 4.79 Å². The van der Waals surface area contributed by atoms with Gasteiger partial charge in [0.2, 0.25) is 6.41 Å². The van der Waals surface area contributed by atoms with Gasteiger partial charge in [0.05, 0.1) is 24.2 Å². The van der Waals surface area contributed by atoms with Crippen molar-refractivity contribution in [3.63, 3.8) is 0 Å². The molecule has 1 aromatic heterocycles. The van der Waals surface area contributed by atoms with E-state index in [2.05, 4.69) is 20.2 Å². The Morgan fingerprint density at radius 3 is 3.05 bits per heavy atom. The highest BCUT2D eigenvalue weighted by atomic mass is 16.5.